The Labute approximate surface area is 177 Å². The lowest BCUT2D eigenvalue weighted by atomic mass is 9.46. The number of carbonyl (C=O) groups is 2. The molecular weight excluding hydrogens is 388 g/mol. The molecule has 3 aliphatic rings. The summed E-state index contributed by atoms with van der Waals surface area (Å²) in [6, 6.07) is 0. The van der Waals surface area contributed by atoms with Crippen molar-refractivity contribution in [2.24, 2.45) is 16.7 Å². The van der Waals surface area contributed by atoms with Gasteiger partial charge in [-0.15, -0.1) is 0 Å². The Morgan fingerprint density at radius 1 is 1.27 bits per heavy atom. The van der Waals surface area contributed by atoms with Crippen LogP contribution < -0.4 is 0 Å². The van der Waals surface area contributed by atoms with Crippen LogP contribution in [0.5, 0.6) is 0 Å². The fraction of sp³-hybridized carbons (Fsp3) is 0.652. The van der Waals surface area contributed by atoms with E-state index in [9.17, 15) is 24.9 Å². The monoisotopic (exact) mass is 420 g/mol. The second kappa shape index (κ2) is 7.94. The zero-order valence-electron chi connectivity index (χ0n) is 18.0. The second-order valence-corrected chi connectivity index (χ2v) is 9.59. The van der Waals surface area contributed by atoms with Crippen molar-refractivity contribution in [3.63, 3.8) is 0 Å². The molecule has 0 unspecified atom stereocenters. The van der Waals surface area contributed by atoms with E-state index in [0.29, 0.717) is 12.0 Å². The fourth-order valence-corrected chi connectivity index (χ4v) is 5.59. The molecule has 2 fully saturated rings. The zero-order chi connectivity index (χ0) is 22.3. The van der Waals surface area contributed by atoms with Gasteiger partial charge in [0.15, 0.2) is 5.60 Å². The molecule has 2 aliphatic carbocycles. The van der Waals surface area contributed by atoms with E-state index in [2.05, 4.69) is 13.8 Å². The summed E-state index contributed by atoms with van der Waals surface area (Å²) in [5.41, 5.74) is -2.29. The first kappa shape index (κ1) is 22.7. The maximum Gasteiger partial charge on any atom is 0.343 e. The minimum absolute atomic E-state index is 0.00192. The first-order valence-corrected chi connectivity index (χ1v) is 10.5. The van der Waals surface area contributed by atoms with Gasteiger partial charge in [-0.1, -0.05) is 45.4 Å². The summed E-state index contributed by atoms with van der Waals surface area (Å²) in [7, 11) is 0. The third-order valence-corrected chi connectivity index (χ3v) is 7.08. The van der Waals surface area contributed by atoms with Gasteiger partial charge in [0.1, 0.15) is 12.7 Å². The van der Waals surface area contributed by atoms with Crippen molar-refractivity contribution in [1.82, 2.24) is 0 Å². The third kappa shape index (κ3) is 3.63. The van der Waals surface area contributed by atoms with Gasteiger partial charge in [0.2, 0.25) is 0 Å². The van der Waals surface area contributed by atoms with E-state index in [1.807, 2.05) is 6.92 Å². The third-order valence-electron chi connectivity index (χ3n) is 7.08. The minimum atomic E-state index is -1.69. The molecule has 1 aliphatic heterocycles. The number of aliphatic hydroxyl groups is 3. The van der Waals surface area contributed by atoms with Crippen LogP contribution in [0, 0.1) is 16.7 Å². The summed E-state index contributed by atoms with van der Waals surface area (Å²) in [4.78, 5) is 25.0. The molecule has 1 saturated carbocycles. The predicted molar refractivity (Wildman–Crippen MR) is 109 cm³/mol. The Morgan fingerprint density at radius 3 is 2.63 bits per heavy atom. The van der Waals surface area contributed by atoms with Gasteiger partial charge in [0, 0.05) is 23.0 Å². The summed E-state index contributed by atoms with van der Waals surface area (Å²) in [6.07, 6.45) is 7.07. The van der Waals surface area contributed by atoms with E-state index < -0.39 is 41.3 Å². The van der Waals surface area contributed by atoms with Crippen molar-refractivity contribution in [3.05, 3.63) is 36.0 Å². The largest absolute Gasteiger partial charge is 0.459 e. The summed E-state index contributed by atoms with van der Waals surface area (Å²) in [5, 5.41) is 30.2. The van der Waals surface area contributed by atoms with Crippen molar-refractivity contribution in [3.8, 4) is 0 Å². The maximum atomic E-state index is 12.5. The molecule has 3 N–H and O–H groups in total. The van der Waals surface area contributed by atoms with E-state index in [4.69, 9.17) is 9.47 Å². The van der Waals surface area contributed by atoms with E-state index >= 15 is 0 Å². The molecule has 3 rings (SSSR count). The molecule has 30 heavy (non-hydrogen) atoms. The molecular formula is C23H32O7. The topological polar surface area (TPSA) is 113 Å². The van der Waals surface area contributed by atoms with Gasteiger partial charge >= 0.3 is 11.9 Å². The van der Waals surface area contributed by atoms with Gasteiger partial charge in [-0.3, -0.25) is 0 Å². The molecule has 7 heteroatoms. The highest BCUT2D eigenvalue weighted by molar-refractivity contribution is 5.88. The number of hydrogen-bond acceptors (Lipinski definition) is 7. The van der Waals surface area contributed by atoms with Crippen molar-refractivity contribution in [2.45, 2.75) is 70.9 Å². The normalized spacial score (nSPS) is 37.3. The van der Waals surface area contributed by atoms with E-state index in [0.717, 1.165) is 12.8 Å². The lowest BCUT2D eigenvalue weighted by molar-refractivity contribution is -0.194. The Balaban J connectivity index is 1.86. The van der Waals surface area contributed by atoms with Crippen LogP contribution in [0.1, 0.15) is 47.0 Å². The number of allylic oxidation sites excluding steroid dienone is 2. The average molecular weight is 421 g/mol. The number of ether oxygens (including phenoxy) is 2. The lowest BCUT2D eigenvalue weighted by Crippen LogP contribution is -2.65. The first-order valence-electron chi connectivity index (χ1n) is 10.5. The second-order valence-electron chi connectivity index (χ2n) is 9.59. The summed E-state index contributed by atoms with van der Waals surface area (Å²) in [5.74, 6) is -1.44. The number of aliphatic hydroxyl groups excluding tert-OH is 2. The lowest BCUT2D eigenvalue weighted by Gasteiger charge is -2.59. The minimum Gasteiger partial charge on any atom is -0.459 e. The number of esters is 2. The number of cyclic esters (lactones) is 1. The Morgan fingerprint density at radius 2 is 1.97 bits per heavy atom. The van der Waals surface area contributed by atoms with Crippen LogP contribution in [-0.4, -0.2) is 57.8 Å². The molecule has 0 aromatic carbocycles. The van der Waals surface area contributed by atoms with E-state index in [-0.39, 0.29) is 17.9 Å². The molecule has 166 valence electrons. The van der Waals surface area contributed by atoms with Crippen LogP contribution in [0.3, 0.4) is 0 Å². The Kier molecular flexibility index (Phi) is 6.02. The molecule has 1 heterocycles. The Hall–Kier alpha value is -1.96. The van der Waals surface area contributed by atoms with Crippen LogP contribution in [0.2, 0.25) is 0 Å². The van der Waals surface area contributed by atoms with Crippen LogP contribution in [-0.2, 0) is 19.1 Å². The number of hydrogen-bond donors (Lipinski definition) is 3. The highest BCUT2D eigenvalue weighted by Gasteiger charge is 2.69. The molecule has 0 aromatic rings. The van der Waals surface area contributed by atoms with Crippen molar-refractivity contribution >= 4 is 11.9 Å². The van der Waals surface area contributed by atoms with Gasteiger partial charge in [-0.05, 0) is 31.3 Å². The van der Waals surface area contributed by atoms with Crippen molar-refractivity contribution in [2.75, 3.05) is 6.61 Å². The fourth-order valence-electron chi connectivity index (χ4n) is 5.59. The molecule has 6 atom stereocenters. The quantitative estimate of drug-likeness (QED) is 0.269. The van der Waals surface area contributed by atoms with Gasteiger partial charge < -0.3 is 24.8 Å². The zero-order valence-corrected chi connectivity index (χ0v) is 18.0. The Bertz CT molecular complexity index is 793. The van der Waals surface area contributed by atoms with Crippen molar-refractivity contribution in [1.29, 1.82) is 0 Å². The van der Waals surface area contributed by atoms with E-state index in [1.54, 1.807) is 6.08 Å². The molecule has 7 nitrogen and oxygen atoms in total. The SMILES string of the molecule is C[C@@H](O)[C@H](O)/C=C/C=C/C(=O)O[C@@H]1C=C2COC(=O)[C@]2(O)[C@@]2(C)CCCC(C)(C)[C@@H]12. The molecule has 1 saturated heterocycles. The maximum absolute atomic E-state index is 12.5. The summed E-state index contributed by atoms with van der Waals surface area (Å²) in [6.45, 7) is 7.52. The standard InChI is InChI=1S/C23H32O7/c1-14(24)16(25)8-5-6-9-18(26)30-17-12-15-13-29-20(27)23(15,28)22(4)11-7-10-21(2,3)19(17)22/h5-6,8-9,12,14,16-17,19,24-25,28H,7,10-11,13H2,1-4H3/b8-5+,9-6+/t14-,16-,17-,19-,22+,23+/m1/s1. The van der Waals surface area contributed by atoms with Crippen LogP contribution in [0.25, 0.3) is 0 Å². The predicted octanol–water partition coefficient (Wildman–Crippen LogP) is 1.81. The average Bonchev–Trinajstić information content (AvgIpc) is 2.94. The van der Waals surface area contributed by atoms with Crippen LogP contribution in [0.4, 0.5) is 0 Å². The smallest absolute Gasteiger partial charge is 0.343 e. The molecule has 0 bridgehead atoms. The number of rotatable bonds is 5. The summed E-state index contributed by atoms with van der Waals surface area (Å²) < 4.78 is 11.0. The number of fused-ring (bicyclic) bond motifs is 3. The molecule has 0 spiro atoms. The molecule has 0 aromatic heterocycles. The van der Waals surface area contributed by atoms with Gasteiger partial charge in [0.25, 0.3) is 0 Å². The highest BCUT2D eigenvalue weighted by atomic mass is 16.6. The van der Waals surface area contributed by atoms with Gasteiger partial charge in [-0.2, -0.15) is 0 Å². The summed E-state index contributed by atoms with van der Waals surface area (Å²) >= 11 is 0. The van der Waals surface area contributed by atoms with Gasteiger partial charge in [0.05, 0.1) is 12.2 Å². The highest BCUT2D eigenvalue weighted by Crippen LogP contribution is 2.63. The van der Waals surface area contributed by atoms with Crippen molar-refractivity contribution < 1.29 is 34.4 Å². The van der Waals surface area contributed by atoms with Crippen LogP contribution in [0.15, 0.2) is 36.0 Å². The first-order chi connectivity index (χ1) is 13.9. The molecule has 0 radical (unpaired) electrons. The van der Waals surface area contributed by atoms with Gasteiger partial charge in [-0.25, -0.2) is 9.59 Å². The van der Waals surface area contributed by atoms with Crippen LogP contribution >= 0.6 is 0 Å². The number of carbonyl (C=O) groups excluding carboxylic acids is 2. The van der Waals surface area contributed by atoms with E-state index in [1.165, 1.54) is 31.2 Å². The molecule has 0 amide bonds.